The molecule has 0 atom stereocenters. The second-order valence-electron chi connectivity index (χ2n) is 2.77. The van der Waals surface area contributed by atoms with Crippen molar-refractivity contribution >= 4 is 21.6 Å². The molecule has 0 radical (unpaired) electrons. The van der Waals surface area contributed by atoms with Crippen LogP contribution in [-0.4, -0.2) is 4.37 Å². The summed E-state index contributed by atoms with van der Waals surface area (Å²) in [7, 11) is 0. The molecule has 2 aromatic rings. The Labute approximate surface area is 69.8 Å². The molecule has 0 bridgehead atoms. The van der Waals surface area contributed by atoms with Crippen molar-refractivity contribution in [3.63, 3.8) is 0 Å². The number of rotatable bonds is 0. The van der Waals surface area contributed by atoms with Crippen LogP contribution in [-0.2, 0) is 0 Å². The Morgan fingerprint density at radius 1 is 1.18 bits per heavy atom. The highest BCUT2D eigenvalue weighted by molar-refractivity contribution is 7.13. The summed E-state index contributed by atoms with van der Waals surface area (Å²) < 4.78 is 5.49. The maximum Gasteiger partial charge on any atom is 0.0581 e. The average molecular weight is 163 g/mol. The van der Waals surface area contributed by atoms with Gasteiger partial charge in [0, 0.05) is 11.6 Å². The molecule has 2 rings (SSSR count). The summed E-state index contributed by atoms with van der Waals surface area (Å²) >= 11 is 1.58. The fraction of sp³-hybridized carbons (Fsp3) is 0.222. The van der Waals surface area contributed by atoms with E-state index in [1.165, 1.54) is 21.2 Å². The lowest BCUT2D eigenvalue weighted by atomic mass is 10.1. The lowest BCUT2D eigenvalue weighted by Crippen LogP contribution is -1.75. The summed E-state index contributed by atoms with van der Waals surface area (Å²) in [5, 5.41) is 1.30. The molecule has 0 spiro atoms. The fourth-order valence-electron chi connectivity index (χ4n) is 1.22. The molecule has 1 nitrogen and oxygen atoms in total. The van der Waals surface area contributed by atoms with E-state index in [1.807, 2.05) is 6.20 Å². The topological polar surface area (TPSA) is 12.9 Å². The smallest absolute Gasteiger partial charge is 0.0581 e. The molecule has 1 aromatic heterocycles. The van der Waals surface area contributed by atoms with Crippen LogP contribution in [0, 0.1) is 13.8 Å². The number of fused-ring (bicyclic) bond motifs is 1. The molecule has 1 heterocycles. The summed E-state index contributed by atoms with van der Waals surface area (Å²) in [5.74, 6) is 0. The van der Waals surface area contributed by atoms with Gasteiger partial charge in [0.1, 0.15) is 0 Å². The third kappa shape index (κ3) is 0.942. The zero-order valence-electron chi connectivity index (χ0n) is 6.59. The van der Waals surface area contributed by atoms with Gasteiger partial charge in [0.25, 0.3) is 0 Å². The fourth-order valence-corrected chi connectivity index (χ4v) is 2.01. The minimum Gasteiger partial charge on any atom is -0.200 e. The predicted molar refractivity (Wildman–Crippen MR) is 49.1 cm³/mol. The van der Waals surface area contributed by atoms with E-state index >= 15 is 0 Å². The van der Waals surface area contributed by atoms with Crippen LogP contribution in [0.4, 0.5) is 0 Å². The van der Waals surface area contributed by atoms with Crippen LogP contribution in [0.3, 0.4) is 0 Å². The van der Waals surface area contributed by atoms with Crippen LogP contribution in [0.15, 0.2) is 18.3 Å². The number of aryl methyl sites for hydroxylation is 2. The summed E-state index contributed by atoms with van der Waals surface area (Å²) in [4.78, 5) is 0. The number of benzene rings is 1. The molecule has 1 aromatic carbocycles. The molecule has 0 aliphatic heterocycles. The highest BCUT2D eigenvalue weighted by Gasteiger charge is 2.00. The minimum atomic E-state index is 1.30. The van der Waals surface area contributed by atoms with Crippen molar-refractivity contribution in [3.8, 4) is 0 Å². The van der Waals surface area contributed by atoms with Gasteiger partial charge in [-0.1, -0.05) is 12.1 Å². The summed E-state index contributed by atoms with van der Waals surface area (Å²) in [6, 6.07) is 4.29. The van der Waals surface area contributed by atoms with Gasteiger partial charge in [-0.2, -0.15) is 4.37 Å². The van der Waals surface area contributed by atoms with Gasteiger partial charge in [-0.05, 0) is 36.5 Å². The van der Waals surface area contributed by atoms with Crippen LogP contribution in [0.25, 0.3) is 10.1 Å². The Morgan fingerprint density at radius 2 is 1.91 bits per heavy atom. The van der Waals surface area contributed by atoms with E-state index in [9.17, 15) is 0 Å². The first-order valence-corrected chi connectivity index (χ1v) is 4.37. The first-order valence-electron chi connectivity index (χ1n) is 3.59. The quantitative estimate of drug-likeness (QED) is 0.582. The molecule has 0 aliphatic rings. The van der Waals surface area contributed by atoms with Gasteiger partial charge >= 0.3 is 0 Å². The van der Waals surface area contributed by atoms with Gasteiger partial charge in [0.2, 0.25) is 0 Å². The predicted octanol–water partition coefficient (Wildman–Crippen LogP) is 2.91. The van der Waals surface area contributed by atoms with Crippen molar-refractivity contribution in [3.05, 3.63) is 29.5 Å². The Morgan fingerprint density at radius 3 is 2.64 bits per heavy atom. The van der Waals surface area contributed by atoms with Crippen molar-refractivity contribution in [2.45, 2.75) is 13.8 Å². The van der Waals surface area contributed by atoms with Gasteiger partial charge in [-0.15, -0.1) is 0 Å². The SMILES string of the molecule is Cc1ccc(C)c2sncc12. The van der Waals surface area contributed by atoms with Crippen LogP contribution in [0.1, 0.15) is 11.1 Å². The van der Waals surface area contributed by atoms with Gasteiger partial charge in [0.05, 0.1) is 4.70 Å². The summed E-state index contributed by atoms with van der Waals surface area (Å²) in [6.45, 7) is 4.25. The molecule has 11 heavy (non-hydrogen) atoms. The highest BCUT2D eigenvalue weighted by atomic mass is 32.1. The second kappa shape index (κ2) is 2.31. The third-order valence-corrected chi connectivity index (χ3v) is 2.87. The first-order chi connectivity index (χ1) is 5.29. The highest BCUT2D eigenvalue weighted by Crippen LogP contribution is 2.24. The van der Waals surface area contributed by atoms with Crippen molar-refractivity contribution in [1.82, 2.24) is 4.37 Å². The average Bonchev–Trinajstić information content (AvgIpc) is 2.45. The molecule has 0 amide bonds. The Bertz CT molecular complexity index is 353. The van der Waals surface area contributed by atoms with Gasteiger partial charge in [-0.25, -0.2) is 0 Å². The Balaban J connectivity index is 2.96. The molecule has 56 valence electrons. The number of nitrogens with zero attached hydrogens (tertiary/aromatic N) is 1. The number of hydrogen-bond acceptors (Lipinski definition) is 2. The Kier molecular flexibility index (Phi) is 1.43. The molecule has 0 N–H and O–H groups in total. The molecule has 0 saturated heterocycles. The third-order valence-electron chi connectivity index (χ3n) is 1.94. The lowest BCUT2D eigenvalue weighted by Gasteiger charge is -1.96. The van der Waals surface area contributed by atoms with Crippen LogP contribution in [0.5, 0.6) is 0 Å². The van der Waals surface area contributed by atoms with Gasteiger partial charge in [0.15, 0.2) is 0 Å². The zero-order valence-corrected chi connectivity index (χ0v) is 7.40. The first kappa shape index (κ1) is 6.80. The van der Waals surface area contributed by atoms with Gasteiger partial charge in [-0.3, -0.25) is 0 Å². The normalized spacial score (nSPS) is 10.7. The van der Waals surface area contributed by atoms with Crippen molar-refractivity contribution in [2.75, 3.05) is 0 Å². The molecule has 2 heteroatoms. The molecule has 0 unspecified atom stereocenters. The standard InChI is InChI=1S/C9H9NS/c1-6-3-4-7(2)9-8(6)5-10-11-9/h3-5H,1-2H3. The van der Waals surface area contributed by atoms with E-state index in [0.29, 0.717) is 0 Å². The second-order valence-corrected chi connectivity index (χ2v) is 3.57. The molecule has 0 saturated carbocycles. The van der Waals surface area contributed by atoms with E-state index in [0.717, 1.165) is 0 Å². The van der Waals surface area contributed by atoms with Crippen LogP contribution in [0.2, 0.25) is 0 Å². The summed E-state index contributed by atoms with van der Waals surface area (Å²) in [6.07, 6.45) is 1.95. The van der Waals surface area contributed by atoms with Crippen LogP contribution < -0.4 is 0 Å². The monoisotopic (exact) mass is 163 g/mol. The van der Waals surface area contributed by atoms with E-state index in [-0.39, 0.29) is 0 Å². The van der Waals surface area contributed by atoms with E-state index in [4.69, 9.17) is 0 Å². The molecule has 0 fully saturated rings. The van der Waals surface area contributed by atoms with Crippen molar-refractivity contribution < 1.29 is 0 Å². The maximum absolute atomic E-state index is 4.16. The minimum absolute atomic E-state index is 1.30. The zero-order chi connectivity index (χ0) is 7.84. The maximum atomic E-state index is 4.16. The number of hydrogen-bond donors (Lipinski definition) is 0. The van der Waals surface area contributed by atoms with E-state index < -0.39 is 0 Å². The van der Waals surface area contributed by atoms with E-state index in [1.54, 1.807) is 11.5 Å². The number of aromatic nitrogens is 1. The van der Waals surface area contributed by atoms with Crippen molar-refractivity contribution in [2.24, 2.45) is 0 Å². The van der Waals surface area contributed by atoms with Crippen molar-refractivity contribution in [1.29, 1.82) is 0 Å². The molecular weight excluding hydrogens is 154 g/mol. The lowest BCUT2D eigenvalue weighted by molar-refractivity contribution is 1.47. The Hall–Kier alpha value is -0.890. The largest absolute Gasteiger partial charge is 0.200 e. The summed E-state index contributed by atoms with van der Waals surface area (Å²) in [5.41, 5.74) is 2.65. The van der Waals surface area contributed by atoms with Crippen LogP contribution >= 0.6 is 11.5 Å². The van der Waals surface area contributed by atoms with Gasteiger partial charge < -0.3 is 0 Å². The molecule has 0 aliphatic carbocycles. The van der Waals surface area contributed by atoms with E-state index in [2.05, 4.69) is 30.4 Å². The molecular formula is C9H9NS.